The molecule has 0 saturated carbocycles. The summed E-state index contributed by atoms with van der Waals surface area (Å²) < 4.78 is 47.0. The highest BCUT2D eigenvalue weighted by atomic mass is 32.2. The molecular formula is C23H28FN3O4S. The van der Waals surface area contributed by atoms with E-state index in [0.29, 0.717) is 62.2 Å². The van der Waals surface area contributed by atoms with Crippen LogP contribution in [0.1, 0.15) is 30.1 Å². The maximum atomic E-state index is 14.6. The summed E-state index contributed by atoms with van der Waals surface area (Å²) in [6.45, 7) is 5.50. The first-order valence-electron chi connectivity index (χ1n) is 10.9. The summed E-state index contributed by atoms with van der Waals surface area (Å²) in [6.07, 6.45) is 1.70. The Morgan fingerprint density at radius 2 is 1.69 bits per heavy atom. The van der Waals surface area contributed by atoms with Gasteiger partial charge in [0.15, 0.2) is 0 Å². The van der Waals surface area contributed by atoms with E-state index in [1.165, 1.54) is 34.6 Å². The van der Waals surface area contributed by atoms with E-state index in [0.717, 1.165) is 12.8 Å². The first kappa shape index (κ1) is 22.7. The van der Waals surface area contributed by atoms with E-state index in [4.69, 9.17) is 4.74 Å². The number of carbonyl (C=O) groups excluding carboxylic acids is 1. The summed E-state index contributed by atoms with van der Waals surface area (Å²) in [7, 11) is -3.57. The largest absolute Gasteiger partial charge is 0.378 e. The SMILES string of the molecule is CC1CCN(S(=O)(=O)c2ccc(C(=O)Nc3ccc(N4CCOCC4)c(F)c3)cc2)CC1. The van der Waals surface area contributed by atoms with Crippen molar-refractivity contribution in [2.45, 2.75) is 24.7 Å². The molecule has 0 aromatic heterocycles. The van der Waals surface area contributed by atoms with Crippen molar-refractivity contribution in [2.75, 3.05) is 49.6 Å². The van der Waals surface area contributed by atoms with Crippen molar-refractivity contribution >= 4 is 27.3 Å². The Morgan fingerprint density at radius 3 is 2.31 bits per heavy atom. The van der Waals surface area contributed by atoms with Gasteiger partial charge in [0.25, 0.3) is 5.91 Å². The highest BCUT2D eigenvalue weighted by molar-refractivity contribution is 7.89. The predicted octanol–water partition coefficient (Wildman–Crippen LogP) is 3.34. The zero-order valence-electron chi connectivity index (χ0n) is 18.1. The van der Waals surface area contributed by atoms with Crippen LogP contribution in [0, 0.1) is 11.7 Å². The van der Waals surface area contributed by atoms with Crippen molar-refractivity contribution in [3.63, 3.8) is 0 Å². The Morgan fingerprint density at radius 1 is 1.03 bits per heavy atom. The third-order valence-corrected chi connectivity index (χ3v) is 7.97. The molecule has 2 aromatic rings. The molecule has 2 aromatic carbocycles. The number of morpholine rings is 1. The van der Waals surface area contributed by atoms with Crippen LogP contribution in [0.4, 0.5) is 15.8 Å². The Labute approximate surface area is 188 Å². The molecule has 0 radical (unpaired) electrons. The Kier molecular flexibility index (Phi) is 6.78. The summed E-state index contributed by atoms with van der Waals surface area (Å²) >= 11 is 0. The van der Waals surface area contributed by atoms with E-state index in [1.54, 1.807) is 12.1 Å². The minimum absolute atomic E-state index is 0.171. The molecule has 4 rings (SSSR count). The van der Waals surface area contributed by atoms with Gasteiger partial charge in [0.1, 0.15) is 5.82 Å². The minimum atomic E-state index is -3.57. The number of sulfonamides is 1. The fraction of sp³-hybridized carbons (Fsp3) is 0.435. The first-order chi connectivity index (χ1) is 15.3. The fourth-order valence-corrected chi connectivity index (χ4v) is 5.47. The lowest BCUT2D eigenvalue weighted by atomic mass is 10.0. The summed E-state index contributed by atoms with van der Waals surface area (Å²) in [5, 5.41) is 2.67. The van der Waals surface area contributed by atoms with Gasteiger partial charge in [-0.15, -0.1) is 0 Å². The molecule has 0 atom stereocenters. The van der Waals surface area contributed by atoms with E-state index >= 15 is 0 Å². The van der Waals surface area contributed by atoms with Crippen LogP contribution in [0.15, 0.2) is 47.4 Å². The zero-order chi connectivity index (χ0) is 22.7. The van der Waals surface area contributed by atoms with Crippen molar-refractivity contribution in [1.82, 2.24) is 4.31 Å². The van der Waals surface area contributed by atoms with E-state index in [-0.39, 0.29) is 4.90 Å². The second-order valence-electron chi connectivity index (χ2n) is 8.33. The van der Waals surface area contributed by atoms with E-state index < -0.39 is 21.7 Å². The predicted molar refractivity (Wildman–Crippen MR) is 121 cm³/mol. The number of hydrogen-bond donors (Lipinski definition) is 1. The summed E-state index contributed by atoms with van der Waals surface area (Å²) in [6, 6.07) is 10.4. The molecule has 0 unspecified atom stereocenters. The van der Waals surface area contributed by atoms with Gasteiger partial charge < -0.3 is 15.0 Å². The van der Waals surface area contributed by atoms with Crippen LogP contribution in [0.5, 0.6) is 0 Å². The normalized spacial score (nSPS) is 18.5. The number of carbonyl (C=O) groups is 1. The van der Waals surface area contributed by atoms with Crippen LogP contribution in [0.25, 0.3) is 0 Å². The average molecular weight is 462 g/mol. The number of halogens is 1. The monoisotopic (exact) mass is 461 g/mol. The van der Waals surface area contributed by atoms with Crippen LogP contribution in [0.3, 0.4) is 0 Å². The molecule has 1 N–H and O–H groups in total. The summed E-state index contributed by atoms with van der Waals surface area (Å²) in [5.41, 5.74) is 1.12. The zero-order valence-corrected chi connectivity index (χ0v) is 18.9. The molecule has 0 spiro atoms. The molecule has 2 aliphatic rings. The van der Waals surface area contributed by atoms with Crippen molar-refractivity contribution in [3.8, 4) is 0 Å². The molecule has 2 fully saturated rings. The minimum Gasteiger partial charge on any atom is -0.378 e. The molecule has 32 heavy (non-hydrogen) atoms. The van der Waals surface area contributed by atoms with Crippen LogP contribution >= 0.6 is 0 Å². The highest BCUT2D eigenvalue weighted by Crippen LogP contribution is 2.25. The quantitative estimate of drug-likeness (QED) is 0.739. The number of benzene rings is 2. The number of rotatable bonds is 5. The number of anilines is 2. The Bertz CT molecular complexity index is 1060. The smallest absolute Gasteiger partial charge is 0.255 e. The molecule has 2 aliphatic heterocycles. The van der Waals surface area contributed by atoms with Crippen molar-refractivity contribution in [2.24, 2.45) is 5.92 Å². The van der Waals surface area contributed by atoms with Crippen molar-refractivity contribution in [3.05, 3.63) is 53.8 Å². The van der Waals surface area contributed by atoms with Gasteiger partial charge in [-0.25, -0.2) is 12.8 Å². The lowest BCUT2D eigenvalue weighted by Gasteiger charge is -2.29. The number of amides is 1. The van der Waals surface area contributed by atoms with Gasteiger partial charge in [0.05, 0.1) is 23.8 Å². The summed E-state index contributed by atoms with van der Waals surface area (Å²) in [4.78, 5) is 14.7. The van der Waals surface area contributed by atoms with Crippen LogP contribution < -0.4 is 10.2 Å². The van der Waals surface area contributed by atoms with Gasteiger partial charge in [-0.05, 0) is 61.2 Å². The maximum absolute atomic E-state index is 14.6. The molecular weight excluding hydrogens is 433 g/mol. The molecule has 0 aliphatic carbocycles. The molecule has 2 heterocycles. The second kappa shape index (κ2) is 9.56. The van der Waals surface area contributed by atoms with Crippen LogP contribution in [-0.4, -0.2) is 58.0 Å². The second-order valence-corrected chi connectivity index (χ2v) is 10.3. The topological polar surface area (TPSA) is 79.0 Å². The maximum Gasteiger partial charge on any atom is 0.255 e. The molecule has 0 bridgehead atoms. The lowest BCUT2D eigenvalue weighted by molar-refractivity contribution is 0.102. The van der Waals surface area contributed by atoms with Crippen LogP contribution in [-0.2, 0) is 14.8 Å². The molecule has 7 nitrogen and oxygen atoms in total. The van der Waals surface area contributed by atoms with Crippen molar-refractivity contribution < 1.29 is 22.3 Å². The fourth-order valence-electron chi connectivity index (χ4n) is 4.00. The lowest BCUT2D eigenvalue weighted by Crippen LogP contribution is -2.37. The summed E-state index contributed by atoms with van der Waals surface area (Å²) in [5.74, 6) is -0.318. The van der Waals surface area contributed by atoms with Gasteiger partial charge in [0, 0.05) is 37.4 Å². The standard InChI is InChI=1S/C23H28FN3O4S/c1-17-8-10-27(11-9-17)32(29,30)20-5-2-18(3-6-20)23(28)25-19-4-7-22(21(24)16-19)26-12-14-31-15-13-26/h2-7,16-17H,8-15H2,1H3,(H,25,28). The molecule has 172 valence electrons. The third kappa shape index (κ3) is 4.95. The first-order valence-corrected chi connectivity index (χ1v) is 12.3. The number of ether oxygens (including phenoxy) is 1. The molecule has 1 amide bonds. The number of nitrogens with one attached hydrogen (secondary N) is 1. The van der Waals surface area contributed by atoms with E-state index in [9.17, 15) is 17.6 Å². The van der Waals surface area contributed by atoms with E-state index in [2.05, 4.69) is 12.2 Å². The Balaban J connectivity index is 1.42. The van der Waals surface area contributed by atoms with E-state index in [1.807, 2.05) is 4.90 Å². The van der Waals surface area contributed by atoms with Crippen molar-refractivity contribution in [1.29, 1.82) is 0 Å². The average Bonchev–Trinajstić information content (AvgIpc) is 2.80. The number of nitrogens with zero attached hydrogens (tertiary/aromatic N) is 2. The number of piperidine rings is 1. The van der Waals surface area contributed by atoms with Gasteiger partial charge in [0.2, 0.25) is 10.0 Å². The van der Waals surface area contributed by atoms with Crippen LogP contribution in [0.2, 0.25) is 0 Å². The third-order valence-electron chi connectivity index (χ3n) is 6.05. The van der Waals surface area contributed by atoms with Gasteiger partial charge in [-0.1, -0.05) is 6.92 Å². The van der Waals surface area contributed by atoms with Gasteiger partial charge >= 0.3 is 0 Å². The highest BCUT2D eigenvalue weighted by Gasteiger charge is 2.28. The Hall–Kier alpha value is -2.49. The van der Waals surface area contributed by atoms with Gasteiger partial charge in [-0.2, -0.15) is 4.31 Å². The number of hydrogen-bond acceptors (Lipinski definition) is 5. The molecule has 2 saturated heterocycles. The molecule has 9 heteroatoms. The van der Waals surface area contributed by atoms with Gasteiger partial charge in [-0.3, -0.25) is 4.79 Å².